The minimum Gasteiger partial charge on any atom is -0.454 e. The van der Waals surface area contributed by atoms with E-state index in [2.05, 4.69) is 45.3 Å². The van der Waals surface area contributed by atoms with Crippen LogP contribution in [-0.4, -0.2) is 12.8 Å². The van der Waals surface area contributed by atoms with Crippen LogP contribution in [0.25, 0.3) is 0 Å². The van der Waals surface area contributed by atoms with Crippen molar-refractivity contribution in [2.24, 2.45) is 10.7 Å². The van der Waals surface area contributed by atoms with Crippen LogP contribution in [0.3, 0.4) is 0 Å². The Kier molecular flexibility index (Phi) is 4.71. The van der Waals surface area contributed by atoms with Crippen LogP contribution < -0.4 is 20.5 Å². The number of guanidine groups is 1. The van der Waals surface area contributed by atoms with Gasteiger partial charge in [0.2, 0.25) is 6.79 Å². The highest BCUT2D eigenvalue weighted by Gasteiger charge is 2.17. The molecular weight excluding hydrogens is 358 g/mol. The molecule has 1 aliphatic rings. The van der Waals surface area contributed by atoms with Gasteiger partial charge >= 0.3 is 0 Å². The predicted octanol–water partition coefficient (Wildman–Crippen LogP) is 3.67. The molecule has 1 aliphatic heterocycles. The van der Waals surface area contributed by atoms with Crippen molar-refractivity contribution >= 4 is 27.6 Å². The maximum absolute atomic E-state index is 5.95. The van der Waals surface area contributed by atoms with Gasteiger partial charge in [-0.1, -0.05) is 19.1 Å². The molecule has 5 nitrogen and oxygen atoms in total. The lowest BCUT2D eigenvalue weighted by Gasteiger charge is -2.07. The minimum absolute atomic E-state index is 0.248. The standard InChI is InChI=1S/C17H18BrN3O2/c1-2-11-3-5-13(6-4-11)21-17(19)20-9-12-7-14(18)16-15(8-12)22-10-23-16/h3-8H,2,9-10H2,1H3,(H3,19,20,21). The average Bonchev–Trinajstić information content (AvgIpc) is 3.03. The van der Waals surface area contributed by atoms with Gasteiger partial charge in [-0.2, -0.15) is 0 Å². The maximum atomic E-state index is 5.95. The molecule has 0 bridgehead atoms. The van der Waals surface area contributed by atoms with Crippen LogP contribution >= 0.6 is 15.9 Å². The lowest BCUT2D eigenvalue weighted by molar-refractivity contribution is 0.173. The summed E-state index contributed by atoms with van der Waals surface area (Å²) in [6.45, 7) is 2.83. The Morgan fingerprint density at radius 2 is 2.00 bits per heavy atom. The Bertz CT molecular complexity index is 729. The van der Waals surface area contributed by atoms with E-state index in [-0.39, 0.29) is 6.79 Å². The molecule has 0 fully saturated rings. The second-order valence-electron chi connectivity index (χ2n) is 5.19. The fraction of sp³-hybridized carbons (Fsp3) is 0.235. The molecule has 3 N–H and O–H groups in total. The van der Waals surface area contributed by atoms with Crippen molar-refractivity contribution in [3.8, 4) is 11.5 Å². The number of fused-ring (bicyclic) bond motifs is 1. The molecule has 0 saturated heterocycles. The maximum Gasteiger partial charge on any atom is 0.231 e. The van der Waals surface area contributed by atoms with E-state index in [9.17, 15) is 0 Å². The first-order chi connectivity index (χ1) is 11.2. The van der Waals surface area contributed by atoms with Crippen LogP contribution in [0.5, 0.6) is 11.5 Å². The Morgan fingerprint density at radius 3 is 2.74 bits per heavy atom. The summed E-state index contributed by atoms with van der Waals surface area (Å²) in [6.07, 6.45) is 1.02. The van der Waals surface area contributed by atoms with Crippen LogP contribution in [0, 0.1) is 0 Å². The third kappa shape index (κ3) is 3.76. The van der Waals surface area contributed by atoms with Crippen molar-refractivity contribution in [1.82, 2.24) is 0 Å². The number of hydrogen-bond donors (Lipinski definition) is 2. The van der Waals surface area contributed by atoms with Crippen molar-refractivity contribution in [2.75, 3.05) is 12.1 Å². The van der Waals surface area contributed by atoms with Gasteiger partial charge in [-0.15, -0.1) is 0 Å². The number of ether oxygens (including phenoxy) is 2. The molecule has 1 heterocycles. The van der Waals surface area contributed by atoms with Crippen LogP contribution in [0.15, 0.2) is 45.9 Å². The fourth-order valence-electron chi connectivity index (χ4n) is 2.30. The highest BCUT2D eigenvalue weighted by molar-refractivity contribution is 9.10. The lowest BCUT2D eigenvalue weighted by atomic mass is 10.1. The number of nitrogens with zero attached hydrogens (tertiary/aromatic N) is 1. The van der Waals surface area contributed by atoms with Gasteiger partial charge in [0, 0.05) is 5.69 Å². The van der Waals surface area contributed by atoms with Crippen molar-refractivity contribution in [3.05, 3.63) is 52.0 Å². The first-order valence-corrected chi connectivity index (χ1v) is 8.19. The van der Waals surface area contributed by atoms with Gasteiger partial charge in [0.25, 0.3) is 0 Å². The first kappa shape index (κ1) is 15.7. The summed E-state index contributed by atoms with van der Waals surface area (Å²) in [5.41, 5.74) is 9.15. The van der Waals surface area contributed by atoms with E-state index in [0.717, 1.165) is 33.6 Å². The number of halogens is 1. The van der Waals surface area contributed by atoms with Gasteiger partial charge < -0.3 is 20.5 Å². The Morgan fingerprint density at radius 1 is 1.22 bits per heavy atom. The van der Waals surface area contributed by atoms with E-state index in [1.54, 1.807) is 0 Å². The van der Waals surface area contributed by atoms with E-state index in [4.69, 9.17) is 15.2 Å². The second-order valence-corrected chi connectivity index (χ2v) is 6.04. The van der Waals surface area contributed by atoms with E-state index < -0.39 is 0 Å². The number of benzene rings is 2. The highest BCUT2D eigenvalue weighted by Crippen LogP contribution is 2.40. The summed E-state index contributed by atoms with van der Waals surface area (Å²) in [6, 6.07) is 12.0. The van der Waals surface area contributed by atoms with Gasteiger partial charge in [-0.25, -0.2) is 4.99 Å². The van der Waals surface area contributed by atoms with Crippen LogP contribution in [0.1, 0.15) is 18.1 Å². The number of nitrogens with one attached hydrogen (secondary N) is 1. The number of hydrogen-bond acceptors (Lipinski definition) is 3. The molecule has 3 rings (SSSR count). The first-order valence-electron chi connectivity index (χ1n) is 7.39. The molecule has 0 saturated carbocycles. The zero-order valence-electron chi connectivity index (χ0n) is 12.8. The number of anilines is 1. The number of rotatable bonds is 4. The SMILES string of the molecule is CCc1ccc(NC(N)=NCc2cc(Br)c3c(c2)OCO3)cc1. The average molecular weight is 376 g/mol. The van der Waals surface area contributed by atoms with Crippen LogP contribution in [0.4, 0.5) is 5.69 Å². The quantitative estimate of drug-likeness (QED) is 0.631. The third-order valence-electron chi connectivity index (χ3n) is 3.55. The van der Waals surface area contributed by atoms with Gasteiger partial charge in [0.05, 0.1) is 11.0 Å². The molecule has 23 heavy (non-hydrogen) atoms. The highest BCUT2D eigenvalue weighted by atomic mass is 79.9. The minimum atomic E-state index is 0.248. The third-order valence-corrected chi connectivity index (χ3v) is 4.14. The summed E-state index contributed by atoms with van der Waals surface area (Å²) in [5.74, 6) is 1.84. The molecule has 0 aliphatic carbocycles. The van der Waals surface area contributed by atoms with Gasteiger partial charge in [0.1, 0.15) is 0 Å². The summed E-state index contributed by atoms with van der Waals surface area (Å²) in [7, 11) is 0. The van der Waals surface area contributed by atoms with Gasteiger partial charge in [-0.05, 0) is 57.7 Å². The summed E-state index contributed by atoms with van der Waals surface area (Å²) < 4.78 is 11.6. The van der Waals surface area contributed by atoms with E-state index >= 15 is 0 Å². The predicted molar refractivity (Wildman–Crippen MR) is 95.0 cm³/mol. The monoisotopic (exact) mass is 375 g/mol. The Labute approximate surface area is 143 Å². The van der Waals surface area contributed by atoms with E-state index in [1.807, 2.05) is 24.3 Å². The molecule has 0 radical (unpaired) electrons. The smallest absolute Gasteiger partial charge is 0.231 e. The largest absolute Gasteiger partial charge is 0.454 e. The molecule has 6 heteroatoms. The molecular formula is C17H18BrN3O2. The molecule has 0 aromatic heterocycles. The summed E-state index contributed by atoms with van der Waals surface area (Å²) in [4.78, 5) is 4.36. The number of nitrogens with two attached hydrogens (primary N) is 1. The molecule has 0 atom stereocenters. The summed E-state index contributed by atoms with van der Waals surface area (Å²) >= 11 is 3.47. The molecule has 2 aromatic rings. The van der Waals surface area contributed by atoms with E-state index in [0.29, 0.717) is 12.5 Å². The molecule has 2 aromatic carbocycles. The fourth-order valence-corrected chi connectivity index (χ4v) is 2.90. The van der Waals surface area contributed by atoms with Crippen LogP contribution in [-0.2, 0) is 13.0 Å². The van der Waals surface area contributed by atoms with Crippen molar-refractivity contribution < 1.29 is 9.47 Å². The van der Waals surface area contributed by atoms with Gasteiger partial charge in [0.15, 0.2) is 17.5 Å². The van der Waals surface area contributed by atoms with Crippen molar-refractivity contribution in [1.29, 1.82) is 0 Å². The number of aryl methyl sites for hydroxylation is 1. The van der Waals surface area contributed by atoms with Crippen LogP contribution in [0.2, 0.25) is 0 Å². The Hall–Kier alpha value is -2.21. The number of aliphatic imine (C=N–C) groups is 1. The lowest BCUT2D eigenvalue weighted by Crippen LogP contribution is -2.22. The molecule has 0 spiro atoms. The van der Waals surface area contributed by atoms with Crippen molar-refractivity contribution in [3.63, 3.8) is 0 Å². The van der Waals surface area contributed by atoms with Crippen molar-refractivity contribution in [2.45, 2.75) is 19.9 Å². The zero-order valence-corrected chi connectivity index (χ0v) is 14.4. The van der Waals surface area contributed by atoms with Gasteiger partial charge in [-0.3, -0.25) is 0 Å². The Balaban J connectivity index is 1.66. The summed E-state index contributed by atoms with van der Waals surface area (Å²) in [5, 5.41) is 3.09. The second kappa shape index (κ2) is 6.91. The topological polar surface area (TPSA) is 68.9 Å². The molecule has 0 unspecified atom stereocenters. The van der Waals surface area contributed by atoms with E-state index in [1.165, 1.54) is 5.56 Å². The molecule has 0 amide bonds. The normalized spacial score (nSPS) is 13.2. The zero-order chi connectivity index (χ0) is 16.2. The molecule has 120 valence electrons.